The van der Waals surface area contributed by atoms with Crippen LogP contribution in [0.3, 0.4) is 0 Å². The van der Waals surface area contributed by atoms with Gasteiger partial charge in [0.1, 0.15) is 0 Å². The number of hydrogen-bond acceptors (Lipinski definition) is 1. The Balaban J connectivity index is 3.29. The fraction of sp³-hybridized carbons (Fsp3) is 0.875. The van der Waals surface area contributed by atoms with Crippen LogP contribution >= 0.6 is 0 Å². The lowest BCUT2D eigenvalue weighted by molar-refractivity contribution is 0.446. The molecule has 0 aromatic rings. The molecule has 9 heavy (non-hydrogen) atoms. The van der Waals surface area contributed by atoms with E-state index in [4.69, 9.17) is 5.26 Å². The molecule has 1 nitrogen and oxygen atoms in total. The lowest BCUT2D eigenvalue weighted by atomic mass is 9.97. The summed E-state index contributed by atoms with van der Waals surface area (Å²) >= 11 is 0. The minimum Gasteiger partial charge on any atom is -0.198 e. The highest BCUT2D eigenvalue weighted by Crippen LogP contribution is 2.12. The zero-order valence-electron chi connectivity index (χ0n) is 6.52. The molecule has 1 atom stereocenters. The smallest absolute Gasteiger partial charge is 0.0624 e. The molecule has 0 N–H and O–H groups in total. The van der Waals surface area contributed by atoms with Crippen LogP contribution in [0.5, 0.6) is 0 Å². The van der Waals surface area contributed by atoms with Gasteiger partial charge in [-0.3, -0.25) is 0 Å². The van der Waals surface area contributed by atoms with E-state index in [1.54, 1.807) is 0 Å². The number of hydrogen-bond donors (Lipinski definition) is 0. The molecular formula is C8H15N. The third-order valence-electron chi connectivity index (χ3n) is 1.31. The van der Waals surface area contributed by atoms with Crippen molar-refractivity contribution in [1.82, 2.24) is 0 Å². The van der Waals surface area contributed by atoms with Gasteiger partial charge in [0.2, 0.25) is 0 Å². The van der Waals surface area contributed by atoms with Gasteiger partial charge in [-0.15, -0.1) is 0 Å². The van der Waals surface area contributed by atoms with Gasteiger partial charge in [-0.2, -0.15) is 5.26 Å². The molecule has 0 fully saturated rings. The summed E-state index contributed by atoms with van der Waals surface area (Å²) in [5.74, 6) is 1.31. The number of rotatable bonds is 3. The summed E-state index contributed by atoms with van der Waals surface area (Å²) in [7, 11) is 0. The maximum Gasteiger partial charge on any atom is 0.0624 e. The molecule has 0 radical (unpaired) electrons. The monoisotopic (exact) mass is 125 g/mol. The minimum atomic E-state index is 0.579. The molecule has 0 aromatic heterocycles. The van der Waals surface area contributed by atoms with Crippen molar-refractivity contribution in [2.45, 2.75) is 33.6 Å². The summed E-state index contributed by atoms with van der Waals surface area (Å²) in [5.41, 5.74) is 0. The van der Waals surface area contributed by atoms with E-state index in [0.29, 0.717) is 12.3 Å². The van der Waals surface area contributed by atoms with Crippen LogP contribution in [0.1, 0.15) is 33.6 Å². The third kappa shape index (κ3) is 5.36. The highest BCUT2D eigenvalue weighted by Gasteiger charge is 2.02. The fourth-order valence-electron chi connectivity index (χ4n) is 1.04. The predicted molar refractivity (Wildman–Crippen MR) is 38.8 cm³/mol. The molecule has 0 bridgehead atoms. The van der Waals surface area contributed by atoms with Gasteiger partial charge in [0.25, 0.3) is 0 Å². The summed E-state index contributed by atoms with van der Waals surface area (Å²) < 4.78 is 0. The summed E-state index contributed by atoms with van der Waals surface area (Å²) in [6.45, 7) is 6.50. The second-order valence-electron chi connectivity index (χ2n) is 3.10. The highest BCUT2D eigenvalue weighted by molar-refractivity contribution is 4.73. The van der Waals surface area contributed by atoms with Crippen LogP contribution in [0.2, 0.25) is 0 Å². The van der Waals surface area contributed by atoms with Crippen LogP contribution < -0.4 is 0 Å². The van der Waals surface area contributed by atoms with Gasteiger partial charge in [0.15, 0.2) is 0 Å². The average Bonchev–Trinajstić information content (AvgIpc) is 1.63. The van der Waals surface area contributed by atoms with E-state index < -0.39 is 0 Å². The molecule has 0 saturated heterocycles. The Labute approximate surface area is 57.7 Å². The Morgan fingerprint density at radius 2 is 1.89 bits per heavy atom. The number of nitriles is 1. The Kier molecular flexibility index (Phi) is 4.13. The average molecular weight is 125 g/mol. The van der Waals surface area contributed by atoms with E-state index in [0.717, 1.165) is 5.92 Å². The van der Waals surface area contributed by atoms with Gasteiger partial charge in [0.05, 0.1) is 6.07 Å². The molecule has 0 aliphatic rings. The topological polar surface area (TPSA) is 23.8 Å². The number of nitrogens with zero attached hydrogens (tertiary/aromatic N) is 1. The maximum absolute atomic E-state index is 8.30. The Hall–Kier alpha value is -0.510. The van der Waals surface area contributed by atoms with E-state index in [9.17, 15) is 0 Å². The van der Waals surface area contributed by atoms with Crippen molar-refractivity contribution in [2.75, 3.05) is 0 Å². The van der Waals surface area contributed by atoms with Crippen LogP contribution in [0.25, 0.3) is 0 Å². The van der Waals surface area contributed by atoms with Crippen molar-refractivity contribution in [3.8, 4) is 6.07 Å². The Bertz CT molecular complexity index is 99.6. The lowest BCUT2D eigenvalue weighted by Gasteiger charge is -2.08. The first-order valence-corrected chi connectivity index (χ1v) is 3.53. The molecule has 0 saturated carbocycles. The van der Waals surface area contributed by atoms with Gasteiger partial charge >= 0.3 is 0 Å². The zero-order valence-corrected chi connectivity index (χ0v) is 6.52. The van der Waals surface area contributed by atoms with Crippen LogP contribution in [-0.4, -0.2) is 0 Å². The molecule has 52 valence electrons. The molecule has 0 heterocycles. The summed E-state index contributed by atoms with van der Waals surface area (Å²) in [5, 5.41) is 8.30. The first kappa shape index (κ1) is 8.49. The fourth-order valence-corrected chi connectivity index (χ4v) is 1.04. The molecule has 0 unspecified atom stereocenters. The van der Waals surface area contributed by atoms with E-state index in [1.165, 1.54) is 6.42 Å². The van der Waals surface area contributed by atoms with Crippen LogP contribution in [0.15, 0.2) is 0 Å². The predicted octanol–water partition coefficient (Wildman–Crippen LogP) is 2.58. The third-order valence-corrected chi connectivity index (χ3v) is 1.31. The van der Waals surface area contributed by atoms with E-state index >= 15 is 0 Å². The van der Waals surface area contributed by atoms with Crippen LogP contribution in [0.4, 0.5) is 0 Å². The highest BCUT2D eigenvalue weighted by atomic mass is 14.2. The summed E-state index contributed by atoms with van der Waals surface area (Å²) in [4.78, 5) is 0. The van der Waals surface area contributed by atoms with Crippen LogP contribution in [-0.2, 0) is 0 Å². The SMILES string of the molecule is CC(C)C[C@H](C)CC#N. The van der Waals surface area contributed by atoms with Gasteiger partial charge in [-0.1, -0.05) is 20.8 Å². The molecule has 0 spiro atoms. The molecule has 0 rings (SSSR count). The van der Waals surface area contributed by atoms with Crippen molar-refractivity contribution >= 4 is 0 Å². The van der Waals surface area contributed by atoms with Crippen molar-refractivity contribution in [3.05, 3.63) is 0 Å². The molecule has 1 heteroatoms. The standard InChI is InChI=1S/C8H15N/c1-7(2)6-8(3)4-5-9/h7-8H,4,6H2,1-3H3/t8-/m1/s1. The first-order chi connectivity index (χ1) is 4.16. The van der Waals surface area contributed by atoms with Crippen molar-refractivity contribution in [3.63, 3.8) is 0 Å². The maximum atomic E-state index is 8.30. The van der Waals surface area contributed by atoms with Crippen molar-refractivity contribution in [1.29, 1.82) is 5.26 Å². The van der Waals surface area contributed by atoms with Crippen LogP contribution in [0, 0.1) is 23.2 Å². The molecule has 0 amide bonds. The Morgan fingerprint density at radius 1 is 1.33 bits per heavy atom. The lowest BCUT2D eigenvalue weighted by Crippen LogP contribution is -1.98. The molecular weight excluding hydrogens is 110 g/mol. The van der Waals surface area contributed by atoms with Gasteiger partial charge < -0.3 is 0 Å². The van der Waals surface area contributed by atoms with Crippen molar-refractivity contribution < 1.29 is 0 Å². The quantitative estimate of drug-likeness (QED) is 0.568. The molecule has 0 aliphatic carbocycles. The second-order valence-corrected chi connectivity index (χ2v) is 3.10. The van der Waals surface area contributed by atoms with Crippen molar-refractivity contribution in [2.24, 2.45) is 11.8 Å². The van der Waals surface area contributed by atoms with E-state index in [-0.39, 0.29) is 0 Å². The largest absolute Gasteiger partial charge is 0.198 e. The Morgan fingerprint density at radius 3 is 2.22 bits per heavy atom. The second kappa shape index (κ2) is 4.38. The minimum absolute atomic E-state index is 0.579. The van der Waals surface area contributed by atoms with Gasteiger partial charge in [-0.25, -0.2) is 0 Å². The molecule has 0 aromatic carbocycles. The zero-order chi connectivity index (χ0) is 7.28. The van der Waals surface area contributed by atoms with E-state index in [2.05, 4.69) is 26.8 Å². The normalized spacial score (nSPS) is 13.2. The van der Waals surface area contributed by atoms with Gasteiger partial charge in [-0.05, 0) is 18.3 Å². The molecule has 0 aliphatic heterocycles. The first-order valence-electron chi connectivity index (χ1n) is 3.53. The van der Waals surface area contributed by atoms with E-state index in [1.807, 2.05) is 0 Å². The summed E-state index contributed by atoms with van der Waals surface area (Å²) in [6.07, 6.45) is 1.88. The summed E-state index contributed by atoms with van der Waals surface area (Å²) in [6, 6.07) is 2.17. The van der Waals surface area contributed by atoms with Gasteiger partial charge in [0, 0.05) is 6.42 Å².